The van der Waals surface area contributed by atoms with Crippen LogP contribution in [0.3, 0.4) is 0 Å². The largest absolute Gasteiger partial charge is 0.458 e. The van der Waals surface area contributed by atoms with E-state index in [-0.39, 0.29) is 18.2 Å². The Kier molecular flexibility index (Phi) is 6.69. The molecule has 2 nitrogen and oxygen atoms in total. The zero-order chi connectivity index (χ0) is 20.6. The molecule has 0 radical (unpaired) electrons. The number of ether oxygens (including phenoxy) is 1. The quantitative estimate of drug-likeness (QED) is 0.314. The Labute approximate surface area is 179 Å². The summed E-state index contributed by atoms with van der Waals surface area (Å²) in [5, 5.41) is 2.57. The van der Waals surface area contributed by atoms with Crippen molar-refractivity contribution >= 4 is 24.5 Å². The highest BCUT2D eigenvalue weighted by molar-refractivity contribution is 7.74. The maximum absolute atomic E-state index is 12.6. The van der Waals surface area contributed by atoms with E-state index in [0.717, 1.165) is 11.1 Å². The number of carbonyl (C=O) groups excluding carboxylic acids is 1. The molecule has 0 fully saturated rings. The summed E-state index contributed by atoms with van der Waals surface area (Å²) >= 11 is 0. The molecule has 1 aliphatic rings. The monoisotopic (exact) mass is 410 g/mol. The second-order valence-corrected chi connectivity index (χ2v) is 9.30. The molecule has 0 heterocycles. The molecule has 0 amide bonds. The fraction of sp³-hybridized carbons (Fsp3) is 0.0741. The highest BCUT2D eigenvalue weighted by atomic mass is 31.1. The van der Waals surface area contributed by atoms with Gasteiger partial charge in [-0.3, -0.25) is 0 Å². The van der Waals surface area contributed by atoms with Gasteiger partial charge in [-0.15, -0.1) is 0 Å². The minimum Gasteiger partial charge on any atom is -0.458 e. The summed E-state index contributed by atoms with van der Waals surface area (Å²) in [7, 11) is -0.706. The molecule has 1 atom stereocenters. The van der Waals surface area contributed by atoms with Crippen LogP contribution in [0.2, 0.25) is 0 Å². The number of hydrogen-bond acceptors (Lipinski definition) is 2. The molecule has 3 aromatic carbocycles. The molecular formula is C27H23O2P. The van der Waals surface area contributed by atoms with Gasteiger partial charge in [0, 0.05) is 11.7 Å². The molecule has 1 unspecified atom stereocenters. The van der Waals surface area contributed by atoms with E-state index in [0.29, 0.717) is 0 Å². The zero-order valence-corrected chi connectivity index (χ0v) is 17.5. The number of rotatable bonds is 6. The summed E-state index contributed by atoms with van der Waals surface area (Å²) in [6.07, 6.45) is 9.92. The van der Waals surface area contributed by atoms with Crippen LogP contribution in [-0.4, -0.2) is 11.6 Å². The van der Waals surface area contributed by atoms with Gasteiger partial charge in [0.1, 0.15) is 6.61 Å². The Balaban J connectivity index is 1.61. The van der Waals surface area contributed by atoms with Crippen molar-refractivity contribution in [1.29, 1.82) is 0 Å². The van der Waals surface area contributed by atoms with Crippen molar-refractivity contribution in [3.8, 4) is 0 Å². The van der Waals surface area contributed by atoms with E-state index in [2.05, 4.69) is 60.7 Å². The Hall–Kier alpha value is -3.22. The molecule has 0 spiro atoms. The molecule has 3 aromatic rings. The Morgan fingerprint density at radius 1 is 0.800 bits per heavy atom. The standard InChI is InChI=1S/C27H23O2P/c28-27(29-21-22-12-4-1-5-13-22)20-23-14-10-11-19-26(23)30(24-15-6-2-7-16-24)25-17-8-3-9-18-25/h1-20,26H,21H2. The van der Waals surface area contributed by atoms with Crippen LogP contribution in [-0.2, 0) is 16.1 Å². The van der Waals surface area contributed by atoms with Crippen LogP contribution in [0.15, 0.2) is 127 Å². The van der Waals surface area contributed by atoms with E-state index in [1.807, 2.05) is 54.6 Å². The summed E-state index contributed by atoms with van der Waals surface area (Å²) in [5.74, 6) is -0.310. The van der Waals surface area contributed by atoms with Crippen molar-refractivity contribution in [2.75, 3.05) is 0 Å². The van der Waals surface area contributed by atoms with Crippen molar-refractivity contribution in [2.45, 2.75) is 12.3 Å². The van der Waals surface area contributed by atoms with Crippen molar-refractivity contribution < 1.29 is 9.53 Å². The third kappa shape index (κ3) is 5.03. The van der Waals surface area contributed by atoms with E-state index in [1.54, 1.807) is 6.08 Å². The summed E-state index contributed by atoms with van der Waals surface area (Å²) < 4.78 is 5.50. The molecule has 0 aromatic heterocycles. The predicted molar refractivity (Wildman–Crippen MR) is 125 cm³/mol. The van der Waals surface area contributed by atoms with E-state index < -0.39 is 7.92 Å². The van der Waals surface area contributed by atoms with E-state index in [1.165, 1.54) is 10.6 Å². The Bertz CT molecular complexity index is 1010. The van der Waals surface area contributed by atoms with Gasteiger partial charge in [0.25, 0.3) is 0 Å². The lowest BCUT2D eigenvalue weighted by Crippen LogP contribution is -2.23. The maximum Gasteiger partial charge on any atom is 0.331 e. The summed E-state index contributed by atoms with van der Waals surface area (Å²) in [5.41, 5.74) is 2.07. The van der Waals surface area contributed by atoms with Crippen LogP contribution in [0.4, 0.5) is 0 Å². The summed E-state index contributed by atoms with van der Waals surface area (Å²) in [6.45, 7) is 0.278. The molecule has 0 aliphatic heterocycles. The minimum atomic E-state index is -0.706. The van der Waals surface area contributed by atoms with Gasteiger partial charge in [-0.1, -0.05) is 115 Å². The first-order valence-corrected chi connectivity index (χ1v) is 11.4. The highest BCUT2D eigenvalue weighted by Gasteiger charge is 2.26. The Morgan fingerprint density at radius 3 is 1.97 bits per heavy atom. The fourth-order valence-electron chi connectivity index (χ4n) is 3.47. The van der Waals surface area contributed by atoms with Gasteiger partial charge >= 0.3 is 5.97 Å². The molecule has 0 N–H and O–H groups in total. The van der Waals surface area contributed by atoms with E-state index in [9.17, 15) is 4.79 Å². The third-order valence-corrected chi connectivity index (χ3v) is 7.63. The maximum atomic E-state index is 12.6. The topological polar surface area (TPSA) is 26.3 Å². The van der Waals surface area contributed by atoms with Gasteiger partial charge in [-0.05, 0) is 29.7 Å². The zero-order valence-electron chi connectivity index (χ0n) is 16.6. The lowest BCUT2D eigenvalue weighted by atomic mass is 10.1. The number of esters is 1. The molecule has 0 saturated carbocycles. The van der Waals surface area contributed by atoms with Gasteiger partial charge < -0.3 is 4.74 Å². The van der Waals surface area contributed by atoms with E-state index in [4.69, 9.17) is 4.74 Å². The second kappa shape index (κ2) is 10.0. The average Bonchev–Trinajstić information content (AvgIpc) is 2.81. The smallest absolute Gasteiger partial charge is 0.331 e. The third-order valence-electron chi connectivity index (χ3n) is 4.89. The van der Waals surface area contributed by atoms with Crippen LogP contribution >= 0.6 is 7.92 Å². The van der Waals surface area contributed by atoms with Gasteiger partial charge in [0.05, 0.1) is 0 Å². The van der Waals surface area contributed by atoms with Crippen LogP contribution in [0.25, 0.3) is 0 Å². The molecule has 148 valence electrons. The second-order valence-electron chi connectivity index (χ2n) is 6.97. The van der Waals surface area contributed by atoms with Gasteiger partial charge in [0.2, 0.25) is 0 Å². The van der Waals surface area contributed by atoms with Crippen LogP contribution in [0.1, 0.15) is 5.56 Å². The molecule has 4 rings (SSSR count). The fourth-order valence-corrected chi connectivity index (χ4v) is 6.13. The molecule has 1 aliphatic carbocycles. The van der Waals surface area contributed by atoms with Crippen LogP contribution in [0.5, 0.6) is 0 Å². The van der Waals surface area contributed by atoms with Gasteiger partial charge in [-0.2, -0.15) is 0 Å². The molecule has 0 bridgehead atoms. The van der Waals surface area contributed by atoms with Crippen molar-refractivity contribution in [2.24, 2.45) is 0 Å². The number of carbonyl (C=O) groups is 1. The summed E-state index contributed by atoms with van der Waals surface area (Å²) in [4.78, 5) is 12.6. The Morgan fingerprint density at radius 2 is 1.37 bits per heavy atom. The number of hydrogen-bond donors (Lipinski definition) is 0. The first-order chi connectivity index (χ1) is 14.8. The lowest BCUT2D eigenvalue weighted by Gasteiger charge is -2.28. The average molecular weight is 410 g/mol. The summed E-state index contributed by atoms with van der Waals surface area (Å²) in [6, 6.07) is 30.8. The molecule has 30 heavy (non-hydrogen) atoms. The normalized spacial score (nSPS) is 16.7. The van der Waals surface area contributed by atoms with Gasteiger partial charge in [0.15, 0.2) is 0 Å². The SMILES string of the molecule is O=C(C=C1C=CC=CC1P(c1ccccc1)c1ccccc1)OCc1ccccc1. The van der Waals surface area contributed by atoms with Gasteiger partial charge in [-0.25, -0.2) is 4.79 Å². The molecule has 0 saturated heterocycles. The van der Waals surface area contributed by atoms with Crippen LogP contribution < -0.4 is 10.6 Å². The van der Waals surface area contributed by atoms with Crippen molar-refractivity contribution in [1.82, 2.24) is 0 Å². The van der Waals surface area contributed by atoms with E-state index >= 15 is 0 Å². The first-order valence-electron chi connectivity index (χ1n) is 9.98. The van der Waals surface area contributed by atoms with Crippen molar-refractivity contribution in [3.05, 3.63) is 133 Å². The predicted octanol–water partition coefficient (Wildman–Crippen LogP) is 5.28. The van der Waals surface area contributed by atoms with Crippen molar-refractivity contribution in [3.63, 3.8) is 0 Å². The minimum absolute atomic E-state index is 0.110. The molecule has 3 heteroatoms. The number of allylic oxidation sites excluding steroid dienone is 5. The molecular weight excluding hydrogens is 387 g/mol. The highest BCUT2D eigenvalue weighted by Crippen LogP contribution is 2.45. The lowest BCUT2D eigenvalue weighted by molar-refractivity contribution is -0.139. The number of benzene rings is 3. The first kappa shape index (κ1) is 20.1. The van der Waals surface area contributed by atoms with Crippen LogP contribution in [0, 0.1) is 0 Å².